The molecule has 1 aliphatic carbocycles. The maximum Gasteiger partial charge on any atom is 0.258 e. The van der Waals surface area contributed by atoms with E-state index in [0.29, 0.717) is 28.9 Å². The van der Waals surface area contributed by atoms with Gasteiger partial charge < -0.3 is 14.8 Å². The predicted octanol–water partition coefficient (Wildman–Crippen LogP) is 4.21. The molecule has 0 radical (unpaired) electrons. The molecule has 1 amide bonds. The van der Waals surface area contributed by atoms with Crippen molar-refractivity contribution in [3.8, 4) is 22.8 Å². The van der Waals surface area contributed by atoms with Gasteiger partial charge in [-0.25, -0.2) is 8.78 Å². The van der Waals surface area contributed by atoms with E-state index < -0.39 is 17.5 Å². The highest BCUT2D eigenvalue weighted by atomic mass is 19.1. The molecule has 2 aliphatic rings. The van der Waals surface area contributed by atoms with E-state index >= 15 is 0 Å². The van der Waals surface area contributed by atoms with Gasteiger partial charge in [-0.1, -0.05) is 0 Å². The van der Waals surface area contributed by atoms with Crippen LogP contribution in [0.4, 0.5) is 14.5 Å². The lowest BCUT2D eigenvalue weighted by Crippen LogP contribution is -2.15. The minimum absolute atomic E-state index is 0.153. The van der Waals surface area contributed by atoms with Gasteiger partial charge in [0.2, 0.25) is 6.79 Å². The van der Waals surface area contributed by atoms with Crippen LogP contribution < -0.4 is 14.8 Å². The van der Waals surface area contributed by atoms with Crippen LogP contribution in [0.5, 0.6) is 11.5 Å². The van der Waals surface area contributed by atoms with Crippen LogP contribution in [0.1, 0.15) is 34.8 Å². The topological polar surface area (TPSA) is 76.2 Å². The van der Waals surface area contributed by atoms with Crippen LogP contribution in [0.25, 0.3) is 11.3 Å². The summed E-state index contributed by atoms with van der Waals surface area (Å²) in [5, 5.41) is 10.1. The van der Waals surface area contributed by atoms with E-state index in [1.54, 1.807) is 12.1 Å². The number of anilines is 1. The summed E-state index contributed by atoms with van der Waals surface area (Å²) in [5.41, 5.74) is 2.30. The van der Waals surface area contributed by atoms with E-state index in [0.717, 1.165) is 36.2 Å². The number of rotatable bonds is 4. The zero-order valence-electron chi connectivity index (χ0n) is 14.6. The van der Waals surface area contributed by atoms with E-state index in [1.165, 1.54) is 0 Å². The quantitative estimate of drug-likeness (QED) is 0.708. The number of hydrogen-bond acceptors (Lipinski definition) is 4. The number of aromatic amines is 1. The number of nitrogens with one attached hydrogen (secondary N) is 2. The van der Waals surface area contributed by atoms with Gasteiger partial charge in [0.05, 0.1) is 16.9 Å². The summed E-state index contributed by atoms with van der Waals surface area (Å²) < 4.78 is 37.9. The zero-order valence-corrected chi connectivity index (χ0v) is 14.6. The minimum Gasteiger partial charge on any atom is -0.454 e. The Hall–Kier alpha value is -3.42. The summed E-state index contributed by atoms with van der Waals surface area (Å²) in [6.45, 7) is 0.153. The fourth-order valence-corrected chi connectivity index (χ4v) is 3.26. The molecule has 5 rings (SSSR count). The van der Waals surface area contributed by atoms with Crippen LogP contribution in [0, 0.1) is 11.6 Å². The molecule has 0 bridgehead atoms. The van der Waals surface area contributed by atoms with Crippen molar-refractivity contribution in [3.05, 3.63) is 59.3 Å². The standard InChI is InChI=1S/C20H15F2N3O3/c21-12-4-5-13(14(22)8-12)20(26)23-19-17(10-1-2-10)24-25-18(19)11-3-6-15-16(7-11)28-9-27-15/h3-8,10H,1-2,9H2,(H,23,26)(H,24,25). The fraction of sp³-hybridized carbons (Fsp3) is 0.200. The molecule has 1 aromatic heterocycles. The number of aromatic nitrogens is 2. The van der Waals surface area contributed by atoms with Gasteiger partial charge >= 0.3 is 0 Å². The highest BCUT2D eigenvalue weighted by molar-refractivity contribution is 6.06. The van der Waals surface area contributed by atoms with Gasteiger partial charge in [0, 0.05) is 17.5 Å². The monoisotopic (exact) mass is 383 g/mol. The number of nitrogens with zero attached hydrogens (tertiary/aromatic N) is 1. The Morgan fingerprint density at radius 2 is 1.93 bits per heavy atom. The second-order valence-electron chi connectivity index (χ2n) is 6.78. The molecule has 2 N–H and O–H groups in total. The highest BCUT2D eigenvalue weighted by Crippen LogP contribution is 2.46. The lowest BCUT2D eigenvalue weighted by Gasteiger charge is -2.09. The van der Waals surface area contributed by atoms with Crippen molar-refractivity contribution in [1.29, 1.82) is 0 Å². The van der Waals surface area contributed by atoms with E-state index in [4.69, 9.17) is 9.47 Å². The van der Waals surface area contributed by atoms with Crippen molar-refractivity contribution in [2.75, 3.05) is 12.1 Å². The molecule has 142 valence electrons. The van der Waals surface area contributed by atoms with Gasteiger partial charge in [-0.05, 0) is 43.2 Å². The number of carbonyl (C=O) groups excluding carboxylic acids is 1. The highest BCUT2D eigenvalue weighted by Gasteiger charge is 2.31. The zero-order chi connectivity index (χ0) is 19.3. The SMILES string of the molecule is O=C(Nc1c(-c2ccc3c(c2)OCO3)n[nH]c1C1CC1)c1ccc(F)cc1F. The Morgan fingerprint density at radius 1 is 1.11 bits per heavy atom. The van der Waals surface area contributed by atoms with Gasteiger partial charge in [0.25, 0.3) is 5.91 Å². The van der Waals surface area contributed by atoms with Crippen molar-refractivity contribution in [2.24, 2.45) is 0 Å². The predicted molar refractivity (Wildman–Crippen MR) is 96.4 cm³/mol. The molecule has 1 saturated carbocycles. The van der Waals surface area contributed by atoms with Crippen molar-refractivity contribution in [2.45, 2.75) is 18.8 Å². The largest absolute Gasteiger partial charge is 0.454 e. The first-order chi connectivity index (χ1) is 13.6. The van der Waals surface area contributed by atoms with Crippen LogP contribution in [-0.4, -0.2) is 22.9 Å². The smallest absolute Gasteiger partial charge is 0.258 e. The third kappa shape index (κ3) is 2.87. The summed E-state index contributed by atoms with van der Waals surface area (Å²) in [4.78, 5) is 12.7. The molecular formula is C20H15F2N3O3. The van der Waals surface area contributed by atoms with Crippen LogP contribution >= 0.6 is 0 Å². The fourth-order valence-electron chi connectivity index (χ4n) is 3.26. The number of hydrogen-bond donors (Lipinski definition) is 2. The number of H-pyrrole nitrogens is 1. The summed E-state index contributed by atoms with van der Waals surface area (Å²) in [5.74, 6) is -0.821. The maximum atomic E-state index is 14.0. The molecule has 1 fully saturated rings. The summed E-state index contributed by atoms with van der Waals surface area (Å²) in [6, 6.07) is 8.22. The average molecular weight is 383 g/mol. The number of amides is 1. The molecule has 3 aromatic rings. The minimum atomic E-state index is -0.918. The lowest BCUT2D eigenvalue weighted by molar-refractivity contribution is 0.102. The molecular weight excluding hydrogens is 368 g/mol. The van der Waals surface area contributed by atoms with Gasteiger partial charge in [0.15, 0.2) is 11.5 Å². The lowest BCUT2D eigenvalue weighted by atomic mass is 10.1. The van der Waals surface area contributed by atoms with Crippen molar-refractivity contribution < 1.29 is 23.0 Å². The van der Waals surface area contributed by atoms with Crippen molar-refractivity contribution in [3.63, 3.8) is 0 Å². The number of carbonyl (C=O) groups is 1. The first-order valence-corrected chi connectivity index (χ1v) is 8.85. The Bertz CT molecular complexity index is 1090. The second-order valence-corrected chi connectivity index (χ2v) is 6.78. The normalized spacial score (nSPS) is 14.9. The van der Waals surface area contributed by atoms with Crippen LogP contribution in [0.2, 0.25) is 0 Å². The van der Waals surface area contributed by atoms with Gasteiger partial charge in [0.1, 0.15) is 17.3 Å². The van der Waals surface area contributed by atoms with Gasteiger partial charge in [-0.15, -0.1) is 0 Å². The van der Waals surface area contributed by atoms with E-state index in [2.05, 4.69) is 15.5 Å². The van der Waals surface area contributed by atoms with Gasteiger partial charge in [-0.2, -0.15) is 5.10 Å². The molecule has 8 heteroatoms. The molecule has 6 nitrogen and oxygen atoms in total. The molecule has 2 aromatic carbocycles. The Morgan fingerprint density at radius 3 is 2.71 bits per heavy atom. The van der Waals surface area contributed by atoms with Crippen molar-refractivity contribution in [1.82, 2.24) is 10.2 Å². The Kier molecular flexibility index (Phi) is 3.78. The van der Waals surface area contributed by atoms with E-state index in [-0.39, 0.29) is 18.3 Å². The summed E-state index contributed by atoms with van der Waals surface area (Å²) >= 11 is 0. The first kappa shape index (κ1) is 16.7. The van der Waals surface area contributed by atoms with E-state index in [1.807, 2.05) is 6.07 Å². The van der Waals surface area contributed by atoms with E-state index in [9.17, 15) is 13.6 Å². The number of halogens is 2. The number of ether oxygens (including phenoxy) is 2. The molecule has 2 heterocycles. The third-order valence-electron chi connectivity index (χ3n) is 4.84. The van der Waals surface area contributed by atoms with Crippen molar-refractivity contribution >= 4 is 11.6 Å². The maximum absolute atomic E-state index is 14.0. The third-order valence-corrected chi connectivity index (χ3v) is 4.84. The summed E-state index contributed by atoms with van der Waals surface area (Å²) in [7, 11) is 0. The van der Waals surface area contributed by atoms with Crippen LogP contribution in [0.3, 0.4) is 0 Å². The molecule has 0 unspecified atom stereocenters. The first-order valence-electron chi connectivity index (χ1n) is 8.85. The van der Waals surface area contributed by atoms with Crippen LogP contribution in [-0.2, 0) is 0 Å². The number of benzene rings is 2. The molecule has 28 heavy (non-hydrogen) atoms. The Labute approximate surface area is 158 Å². The Balaban J connectivity index is 1.53. The number of fused-ring (bicyclic) bond motifs is 1. The van der Waals surface area contributed by atoms with Crippen LogP contribution in [0.15, 0.2) is 36.4 Å². The average Bonchev–Trinajstić information content (AvgIpc) is 3.26. The van der Waals surface area contributed by atoms with Gasteiger partial charge in [-0.3, -0.25) is 9.89 Å². The molecule has 0 saturated heterocycles. The molecule has 0 spiro atoms. The second kappa shape index (κ2) is 6.33. The molecule has 1 aliphatic heterocycles. The summed E-state index contributed by atoms with van der Waals surface area (Å²) in [6.07, 6.45) is 1.97. The molecule has 0 atom stereocenters.